The van der Waals surface area contributed by atoms with Crippen LogP contribution in [0.5, 0.6) is 5.75 Å². The summed E-state index contributed by atoms with van der Waals surface area (Å²) in [5.74, 6) is 0.0925. The normalized spacial score (nSPS) is 10.6. The lowest BCUT2D eigenvalue weighted by molar-refractivity contribution is -0.382. The van der Waals surface area contributed by atoms with E-state index in [9.17, 15) is 15.2 Å². The van der Waals surface area contributed by atoms with E-state index in [1.54, 1.807) is 6.07 Å². The van der Waals surface area contributed by atoms with Crippen molar-refractivity contribution in [1.29, 1.82) is 0 Å². The summed E-state index contributed by atoms with van der Waals surface area (Å²) in [5.41, 5.74) is 0.0518. The van der Waals surface area contributed by atoms with Crippen LogP contribution in [0.3, 0.4) is 0 Å². The van der Waals surface area contributed by atoms with Crippen molar-refractivity contribution < 1.29 is 10.0 Å². The molecular formula is C9H7NO3S. The number of phenolic OH excluding ortho intramolecular Hbond substituents is 1. The van der Waals surface area contributed by atoms with E-state index in [1.165, 1.54) is 23.5 Å². The standard InChI is InChI=1S/C9H7NO3S/c1-5-4-6-8(11)3-2-7(10(12)13)9(6)14-5/h2-4,11H,1H3. The van der Waals surface area contributed by atoms with Crippen molar-refractivity contribution in [3.63, 3.8) is 0 Å². The van der Waals surface area contributed by atoms with Gasteiger partial charge in [0.1, 0.15) is 10.4 Å². The SMILES string of the molecule is Cc1cc2c(O)ccc([N+](=O)[O-])c2s1. The predicted molar refractivity (Wildman–Crippen MR) is 54.9 cm³/mol. The molecule has 2 aromatic rings. The molecule has 4 nitrogen and oxygen atoms in total. The Hall–Kier alpha value is -1.62. The third-order valence-corrected chi connectivity index (χ3v) is 3.03. The number of nitro benzene ring substituents is 1. The van der Waals surface area contributed by atoms with Crippen molar-refractivity contribution in [2.24, 2.45) is 0 Å². The average molecular weight is 209 g/mol. The van der Waals surface area contributed by atoms with Gasteiger partial charge in [-0.15, -0.1) is 11.3 Å². The van der Waals surface area contributed by atoms with Crippen molar-refractivity contribution in [2.45, 2.75) is 6.92 Å². The number of nitro groups is 1. The number of hydrogen-bond acceptors (Lipinski definition) is 4. The molecule has 1 N–H and O–H groups in total. The molecule has 0 radical (unpaired) electrons. The van der Waals surface area contributed by atoms with Crippen LogP contribution >= 0.6 is 11.3 Å². The highest BCUT2D eigenvalue weighted by Crippen LogP contribution is 2.37. The van der Waals surface area contributed by atoms with Gasteiger partial charge in [-0.2, -0.15) is 0 Å². The van der Waals surface area contributed by atoms with Gasteiger partial charge in [0.05, 0.1) is 4.92 Å². The Balaban J connectivity index is 2.87. The molecule has 0 aliphatic heterocycles. The van der Waals surface area contributed by atoms with Crippen LogP contribution in [-0.2, 0) is 0 Å². The molecule has 5 heteroatoms. The second-order valence-corrected chi connectivity index (χ2v) is 4.22. The summed E-state index contributed by atoms with van der Waals surface area (Å²) in [6.45, 7) is 1.85. The van der Waals surface area contributed by atoms with E-state index in [2.05, 4.69) is 0 Å². The van der Waals surface area contributed by atoms with Gasteiger partial charge >= 0.3 is 0 Å². The third-order valence-electron chi connectivity index (χ3n) is 1.96. The van der Waals surface area contributed by atoms with Crippen molar-refractivity contribution >= 4 is 27.1 Å². The zero-order chi connectivity index (χ0) is 10.3. The molecule has 2 rings (SSSR count). The first-order chi connectivity index (χ1) is 6.59. The molecule has 0 fully saturated rings. The maximum absolute atomic E-state index is 10.7. The molecule has 0 saturated carbocycles. The van der Waals surface area contributed by atoms with E-state index < -0.39 is 4.92 Å². The van der Waals surface area contributed by atoms with E-state index in [1.807, 2.05) is 6.92 Å². The molecular weight excluding hydrogens is 202 g/mol. The van der Waals surface area contributed by atoms with Gasteiger partial charge in [-0.05, 0) is 19.1 Å². The first-order valence-electron chi connectivity index (χ1n) is 3.96. The first-order valence-corrected chi connectivity index (χ1v) is 4.78. The Morgan fingerprint density at radius 1 is 1.50 bits per heavy atom. The van der Waals surface area contributed by atoms with Gasteiger partial charge in [0.2, 0.25) is 0 Å². The Labute approximate surface area is 83.6 Å². The number of thiophene rings is 1. The van der Waals surface area contributed by atoms with Crippen LogP contribution in [0.1, 0.15) is 4.88 Å². The summed E-state index contributed by atoms with van der Waals surface area (Å²) in [5, 5.41) is 20.7. The minimum Gasteiger partial charge on any atom is -0.507 e. The van der Waals surface area contributed by atoms with Gasteiger partial charge < -0.3 is 5.11 Å². The Morgan fingerprint density at radius 2 is 2.21 bits per heavy atom. The molecule has 0 bridgehead atoms. The number of fused-ring (bicyclic) bond motifs is 1. The number of rotatable bonds is 1. The Bertz CT molecular complexity index is 518. The molecule has 14 heavy (non-hydrogen) atoms. The van der Waals surface area contributed by atoms with Gasteiger partial charge in [-0.1, -0.05) is 0 Å². The predicted octanol–water partition coefficient (Wildman–Crippen LogP) is 2.82. The minimum atomic E-state index is -0.433. The van der Waals surface area contributed by atoms with Gasteiger partial charge in [0, 0.05) is 16.3 Å². The van der Waals surface area contributed by atoms with E-state index >= 15 is 0 Å². The third kappa shape index (κ3) is 1.22. The maximum atomic E-state index is 10.7. The lowest BCUT2D eigenvalue weighted by Crippen LogP contribution is -1.86. The zero-order valence-electron chi connectivity index (χ0n) is 7.35. The van der Waals surface area contributed by atoms with Crippen LogP contribution in [0, 0.1) is 17.0 Å². The minimum absolute atomic E-state index is 0.0518. The fraction of sp³-hybridized carbons (Fsp3) is 0.111. The van der Waals surface area contributed by atoms with E-state index in [4.69, 9.17) is 0 Å². The van der Waals surface area contributed by atoms with Crippen molar-refractivity contribution in [3.8, 4) is 5.75 Å². The molecule has 1 aromatic heterocycles. The van der Waals surface area contributed by atoms with E-state index in [0.717, 1.165) is 4.88 Å². The lowest BCUT2D eigenvalue weighted by Gasteiger charge is -1.95. The van der Waals surface area contributed by atoms with Crippen LogP contribution in [0.2, 0.25) is 0 Å². The fourth-order valence-corrected chi connectivity index (χ4v) is 2.38. The summed E-state index contributed by atoms with van der Waals surface area (Å²) < 4.78 is 0.535. The quantitative estimate of drug-likeness (QED) is 0.580. The van der Waals surface area contributed by atoms with Gasteiger partial charge in [-0.3, -0.25) is 10.1 Å². The molecule has 0 unspecified atom stereocenters. The smallest absolute Gasteiger partial charge is 0.287 e. The highest BCUT2D eigenvalue weighted by molar-refractivity contribution is 7.19. The highest BCUT2D eigenvalue weighted by atomic mass is 32.1. The summed E-state index contributed by atoms with van der Waals surface area (Å²) in [7, 11) is 0. The van der Waals surface area contributed by atoms with Crippen molar-refractivity contribution in [3.05, 3.63) is 33.2 Å². The topological polar surface area (TPSA) is 63.4 Å². The average Bonchev–Trinajstić information content (AvgIpc) is 2.47. The molecule has 0 aliphatic rings. The molecule has 0 spiro atoms. The summed E-state index contributed by atoms with van der Waals surface area (Å²) >= 11 is 1.32. The lowest BCUT2D eigenvalue weighted by atomic mass is 10.2. The number of benzene rings is 1. The van der Waals surface area contributed by atoms with E-state index in [-0.39, 0.29) is 11.4 Å². The molecule has 0 saturated heterocycles. The van der Waals surface area contributed by atoms with Crippen molar-refractivity contribution in [2.75, 3.05) is 0 Å². The van der Waals surface area contributed by atoms with Gasteiger partial charge in [0.25, 0.3) is 5.69 Å². The fourth-order valence-electron chi connectivity index (χ4n) is 1.36. The van der Waals surface area contributed by atoms with Gasteiger partial charge in [-0.25, -0.2) is 0 Å². The second kappa shape index (κ2) is 2.95. The van der Waals surface area contributed by atoms with E-state index in [0.29, 0.717) is 10.1 Å². The molecule has 0 amide bonds. The number of hydrogen-bond donors (Lipinski definition) is 1. The van der Waals surface area contributed by atoms with Crippen molar-refractivity contribution in [1.82, 2.24) is 0 Å². The molecule has 0 atom stereocenters. The van der Waals surface area contributed by atoms with Crippen LogP contribution in [-0.4, -0.2) is 10.0 Å². The van der Waals surface area contributed by atoms with Crippen LogP contribution in [0.25, 0.3) is 10.1 Å². The Kier molecular flexibility index (Phi) is 1.89. The zero-order valence-corrected chi connectivity index (χ0v) is 8.17. The first kappa shape index (κ1) is 8.96. The van der Waals surface area contributed by atoms with Crippen LogP contribution in [0.15, 0.2) is 18.2 Å². The summed E-state index contributed by atoms with van der Waals surface area (Å²) in [4.78, 5) is 11.2. The monoisotopic (exact) mass is 209 g/mol. The molecule has 1 heterocycles. The molecule has 72 valence electrons. The van der Waals surface area contributed by atoms with Crippen LogP contribution < -0.4 is 0 Å². The summed E-state index contributed by atoms with van der Waals surface area (Å²) in [6, 6.07) is 4.43. The highest BCUT2D eigenvalue weighted by Gasteiger charge is 2.16. The van der Waals surface area contributed by atoms with Crippen LogP contribution in [0.4, 0.5) is 5.69 Å². The molecule has 1 aromatic carbocycles. The summed E-state index contributed by atoms with van der Waals surface area (Å²) in [6.07, 6.45) is 0. The number of phenols is 1. The maximum Gasteiger partial charge on any atom is 0.287 e. The second-order valence-electron chi connectivity index (χ2n) is 2.96. The Morgan fingerprint density at radius 3 is 2.86 bits per heavy atom. The molecule has 0 aliphatic carbocycles. The van der Waals surface area contributed by atoms with Gasteiger partial charge in [0.15, 0.2) is 0 Å². The number of aryl methyl sites for hydroxylation is 1. The number of nitrogens with zero attached hydrogens (tertiary/aromatic N) is 1. The number of non-ortho nitro benzene ring substituents is 1. The largest absolute Gasteiger partial charge is 0.507 e. The number of aromatic hydroxyl groups is 1.